The van der Waals surface area contributed by atoms with Crippen LogP contribution in [0.4, 0.5) is 5.82 Å². The van der Waals surface area contributed by atoms with Crippen LogP contribution in [-0.2, 0) is 18.0 Å². The monoisotopic (exact) mass is 486 g/mol. The van der Waals surface area contributed by atoms with E-state index in [2.05, 4.69) is 10.1 Å². The van der Waals surface area contributed by atoms with E-state index in [1.165, 1.54) is 10.8 Å². The molecule has 0 saturated heterocycles. The van der Waals surface area contributed by atoms with Crippen molar-refractivity contribution in [3.8, 4) is 0 Å². The van der Waals surface area contributed by atoms with Crippen LogP contribution < -0.4 is 0 Å². The Hall–Kier alpha value is -2.32. The molecule has 2 aromatic carbocycles. The summed E-state index contributed by atoms with van der Waals surface area (Å²) in [4.78, 5) is 20.3. The van der Waals surface area contributed by atoms with Crippen molar-refractivity contribution in [2.45, 2.75) is 20.1 Å². The van der Waals surface area contributed by atoms with Gasteiger partial charge in [-0.05, 0) is 35.3 Å². The maximum Gasteiger partial charge on any atom is 0.343 e. The molecule has 156 valence electrons. The smallest absolute Gasteiger partial charge is 0.343 e. The van der Waals surface area contributed by atoms with Crippen molar-refractivity contribution >= 4 is 57.9 Å². The topological polar surface area (TPSA) is 82.5 Å². The molecule has 0 atom stereocenters. The summed E-state index contributed by atoms with van der Waals surface area (Å²) in [6.07, 6.45) is 1.19. The molecular formula is C19H14Cl4N4O3. The zero-order valence-corrected chi connectivity index (χ0v) is 18.5. The first-order valence-electron chi connectivity index (χ1n) is 8.51. The predicted octanol–water partition coefficient (Wildman–Crippen LogP) is 6.33. The third-order valence-electron chi connectivity index (χ3n) is 4.18. The number of hydrogen-bond donors (Lipinski definition) is 0. The number of imidazole rings is 1. The number of rotatable bonds is 7. The number of aromatic nitrogens is 2. The van der Waals surface area contributed by atoms with Gasteiger partial charge >= 0.3 is 5.82 Å². The summed E-state index contributed by atoms with van der Waals surface area (Å²) in [7, 11) is 0. The number of nitrogens with zero attached hydrogens (tertiary/aromatic N) is 4. The molecule has 0 aliphatic carbocycles. The van der Waals surface area contributed by atoms with E-state index in [1.807, 2.05) is 0 Å². The van der Waals surface area contributed by atoms with Crippen molar-refractivity contribution in [1.29, 1.82) is 0 Å². The normalized spacial score (nSPS) is 11.6. The molecule has 7 nitrogen and oxygen atoms in total. The third-order valence-corrected chi connectivity index (χ3v) is 5.32. The molecule has 0 aliphatic rings. The molecule has 0 unspecified atom stereocenters. The highest BCUT2D eigenvalue weighted by Crippen LogP contribution is 2.25. The average Bonchev–Trinajstić information content (AvgIpc) is 3.03. The second-order valence-corrected chi connectivity index (χ2v) is 7.87. The highest BCUT2D eigenvalue weighted by atomic mass is 35.5. The summed E-state index contributed by atoms with van der Waals surface area (Å²) >= 11 is 24.4. The Labute approximate surface area is 191 Å². The maximum absolute atomic E-state index is 11.3. The van der Waals surface area contributed by atoms with E-state index in [0.29, 0.717) is 42.8 Å². The lowest BCUT2D eigenvalue weighted by Gasteiger charge is -2.10. The molecule has 0 radical (unpaired) electrons. The SMILES string of the molecule is Cc1ncc([N+](=O)[O-])n1CC(=NOCc1ccc(Cl)cc1Cl)c1ccc(Cl)cc1Cl. The molecule has 1 aromatic heterocycles. The van der Waals surface area contributed by atoms with E-state index < -0.39 is 4.92 Å². The molecule has 0 N–H and O–H groups in total. The zero-order valence-electron chi connectivity index (χ0n) is 15.5. The largest absolute Gasteiger partial charge is 0.391 e. The fourth-order valence-corrected chi connectivity index (χ4v) is 3.63. The van der Waals surface area contributed by atoms with Gasteiger partial charge in [0, 0.05) is 33.1 Å². The lowest BCUT2D eigenvalue weighted by atomic mass is 10.1. The van der Waals surface area contributed by atoms with Crippen LogP contribution in [-0.4, -0.2) is 20.2 Å². The second kappa shape index (κ2) is 9.66. The molecule has 0 amide bonds. The lowest BCUT2D eigenvalue weighted by Crippen LogP contribution is -2.16. The van der Waals surface area contributed by atoms with Gasteiger partial charge < -0.3 is 15.0 Å². The van der Waals surface area contributed by atoms with Crippen molar-refractivity contribution in [3.05, 3.63) is 89.8 Å². The summed E-state index contributed by atoms with van der Waals surface area (Å²) in [6, 6.07) is 9.87. The van der Waals surface area contributed by atoms with Crippen molar-refractivity contribution in [2.75, 3.05) is 0 Å². The highest BCUT2D eigenvalue weighted by molar-refractivity contribution is 6.37. The van der Waals surface area contributed by atoms with Gasteiger partial charge in [-0.1, -0.05) is 57.6 Å². The van der Waals surface area contributed by atoms with Crippen LogP contribution in [0.15, 0.2) is 47.8 Å². The van der Waals surface area contributed by atoms with Crippen LogP contribution in [0.3, 0.4) is 0 Å². The molecule has 11 heteroatoms. The van der Waals surface area contributed by atoms with Gasteiger partial charge in [0.2, 0.25) is 0 Å². The molecule has 0 bridgehead atoms. The molecule has 0 fully saturated rings. The van der Waals surface area contributed by atoms with Gasteiger partial charge in [-0.2, -0.15) is 0 Å². The second-order valence-electron chi connectivity index (χ2n) is 6.18. The highest BCUT2D eigenvalue weighted by Gasteiger charge is 2.22. The van der Waals surface area contributed by atoms with Gasteiger partial charge in [0.05, 0.1) is 5.02 Å². The number of oxime groups is 1. The van der Waals surface area contributed by atoms with E-state index in [4.69, 9.17) is 51.2 Å². The van der Waals surface area contributed by atoms with Crippen LogP contribution in [0.2, 0.25) is 20.1 Å². The number of aryl methyl sites for hydroxylation is 1. The summed E-state index contributed by atoms with van der Waals surface area (Å²) in [5.74, 6) is 0.270. The summed E-state index contributed by atoms with van der Waals surface area (Å²) < 4.78 is 1.41. The Morgan fingerprint density at radius 2 is 1.80 bits per heavy atom. The minimum atomic E-state index is -0.518. The third kappa shape index (κ3) is 5.23. The van der Waals surface area contributed by atoms with Gasteiger partial charge in [-0.25, -0.2) is 9.55 Å². The Kier molecular flexibility index (Phi) is 7.20. The predicted molar refractivity (Wildman–Crippen MR) is 118 cm³/mol. The van der Waals surface area contributed by atoms with Gasteiger partial charge in [-0.15, -0.1) is 0 Å². The average molecular weight is 488 g/mol. The van der Waals surface area contributed by atoms with Crippen LogP contribution in [0.5, 0.6) is 0 Å². The van der Waals surface area contributed by atoms with Crippen LogP contribution in [0, 0.1) is 17.0 Å². The van der Waals surface area contributed by atoms with Crippen molar-refractivity contribution in [3.63, 3.8) is 0 Å². The zero-order chi connectivity index (χ0) is 21.8. The first kappa shape index (κ1) is 22.4. The van der Waals surface area contributed by atoms with E-state index in [1.54, 1.807) is 43.3 Å². The summed E-state index contributed by atoms with van der Waals surface area (Å²) in [5.41, 5.74) is 1.55. The van der Waals surface area contributed by atoms with Crippen LogP contribution in [0.25, 0.3) is 0 Å². The van der Waals surface area contributed by atoms with Gasteiger partial charge in [0.15, 0.2) is 5.82 Å². The van der Waals surface area contributed by atoms with Gasteiger partial charge in [-0.3, -0.25) is 0 Å². The van der Waals surface area contributed by atoms with Crippen LogP contribution in [0.1, 0.15) is 17.0 Å². The quantitative estimate of drug-likeness (QED) is 0.221. The van der Waals surface area contributed by atoms with E-state index in [0.717, 1.165) is 0 Å². The summed E-state index contributed by atoms with van der Waals surface area (Å²) in [6.45, 7) is 1.73. The minimum absolute atomic E-state index is 0.0118. The molecular weight excluding hydrogens is 474 g/mol. The number of hydrogen-bond acceptors (Lipinski definition) is 5. The summed E-state index contributed by atoms with van der Waals surface area (Å²) in [5, 5.41) is 17.2. The molecule has 1 heterocycles. The van der Waals surface area contributed by atoms with E-state index in [9.17, 15) is 10.1 Å². The van der Waals surface area contributed by atoms with Crippen molar-refractivity contribution in [2.24, 2.45) is 5.16 Å². The fraction of sp³-hybridized carbons (Fsp3) is 0.158. The molecule has 0 saturated carbocycles. The van der Waals surface area contributed by atoms with Crippen molar-refractivity contribution in [1.82, 2.24) is 9.55 Å². The standard InChI is InChI=1S/C19H14Cl4N4O3/c1-11-24-8-19(27(28)29)26(11)9-18(15-5-4-14(21)7-17(15)23)25-30-10-12-2-3-13(20)6-16(12)22/h2-8H,9-10H2,1H3. The first-order chi connectivity index (χ1) is 14.3. The van der Waals surface area contributed by atoms with E-state index in [-0.39, 0.29) is 19.0 Å². The Bertz CT molecular complexity index is 1130. The van der Waals surface area contributed by atoms with Crippen molar-refractivity contribution < 1.29 is 9.76 Å². The molecule has 3 aromatic rings. The van der Waals surface area contributed by atoms with Gasteiger partial charge in [0.25, 0.3) is 0 Å². The Morgan fingerprint density at radius 1 is 1.13 bits per heavy atom. The number of nitro groups is 1. The first-order valence-corrected chi connectivity index (χ1v) is 10.0. The molecule has 30 heavy (non-hydrogen) atoms. The Balaban J connectivity index is 1.94. The van der Waals surface area contributed by atoms with E-state index >= 15 is 0 Å². The molecule has 3 rings (SSSR count). The molecule has 0 spiro atoms. The number of benzene rings is 2. The van der Waals surface area contributed by atoms with Gasteiger partial charge in [0.1, 0.15) is 25.1 Å². The van der Waals surface area contributed by atoms with Crippen LogP contribution >= 0.6 is 46.4 Å². The lowest BCUT2D eigenvalue weighted by molar-refractivity contribution is -0.392. The molecule has 0 aliphatic heterocycles. The fourth-order valence-electron chi connectivity index (χ4n) is 2.65. The minimum Gasteiger partial charge on any atom is -0.391 e. The number of halogens is 4. The maximum atomic E-state index is 11.3. The Morgan fingerprint density at radius 3 is 2.43 bits per heavy atom.